The summed E-state index contributed by atoms with van der Waals surface area (Å²) in [6.07, 6.45) is 3.86. The highest BCUT2D eigenvalue weighted by molar-refractivity contribution is 5.78. The first-order valence-electron chi connectivity index (χ1n) is 7.09. The van der Waals surface area contributed by atoms with E-state index in [1.54, 1.807) is 7.11 Å². The van der Waals surface area contributed by atoms with E-state index in [-0.39, 0.29) is 11.8 Å². The Morgan fingerprint density at radius 1 is 1.25 bits per heavy atom. The van der Waals surface area contributed by atoms with Crippen LogP contribution in [0.3, 0.4) is 0 Å². The molecule has 2 rings (SSSR count). The maximum Gasteiger partial charge on any atom is 0.236 e. The van der Waals surface area contributed by atoms with E-state index in [1.807, 2.05) is 12.1 Å². The lowest BCUT2D eigenvalue weighted by molar-refractivity contribution is -0.126. The highest BCUT2D eigenvalue weighted by atomic mass is 16.5. The molecule has 1 aliphatic rings. The molecule has 1 aliphatic carbocycles. The van der Waals surface area contributed by atoms with Crippen molar-refractivity contribution >= 4 is 5.91 Å². The molecule has 20 heavy (non-hydrogen) atoms. The van der Waals surface area contributed by atoms with E-state index in [9.17, 15) is 4.79 Å². The van der Waals surface area contributed by atoms with E-state index in [2.05, 4.69) is 22.9 Å². The largest absolute Gasteiger partial charge is 0.497 e. The Labute approximate surface area is 119 Å². The molecule has 0 aromatic heterocycles. The first kappa shape index (κ1) is 14.8. The topological polar surface area (TPSA) is 76.4 Å². The van der Waals surface area contributed by atoms with Crippen LogP contribution >= 0.6 is 0 Å². The number of hydrazine groups is 1. The summed E-state index contributed by atoms with van der Waals surface area (Å²) in [5, 5.41) is 3.55. The van der Waals surface area contributed by atoms with Crippen LogP contribution in [-0.2, 0) is 11.3 Å². The van der Waals surface area contributed by atoms with Gasteiger partial charge >= 0.3 is 0 Å². The second-order valence-corrected chi connectivity index (χ2v) is 5.29. The number of rotatable bonds is 5. The van der Waals surface area contributed by atoms with Gasteiger partial charge in [-0.05, 0) is 43.4 Å². The lowest BCUT2D eigenvalue weighted by Crippen LogP contribution is -2.40. The third kappa shape index (κ3) is 3.95. The van der Waals surface area contributed by atoms with Gasteiger partial charge < -0.3 is 10.1 Å². The van der Waals surface area contributed by atoms with Crippen molar-refractivity contribution in [2.24, 2.45) is 11.8 Å². The molecule has 1 fully saturated rings. The van der Waals surface area contributed by atoms with Gasteiger partial charge in [-0.15, -0.1) is 0 Å². The molecule has 5 heteroatoms. The summed E-state index contributed by atoms with van der Waals surface area (Å²) < 4.78 is 5.14. The minimum atomic E-state index is -0.0291. The number of hydrogen-bond donors (Lipinski definition) is 3. The van der Waals surface area contributed by atoms with E-state index >= 15 is 0 Å². The zero-order valence-electron chi connectivity index (χ0n) is 11.9. The quantitative estimate of drug-likeness (QED) is 0.431. The number of carbonyl (C=O) groups excluding carboxylic acids is 1. The maximum atomic E-state index is 11.4. The van der Waals surface area contributed by atoms with Gasteiger partial charge in [0.25, 0.3) is 0 Å². The molecule has 110 valence electrons. The van der Waals surface area contributed by atoms with Gasteiger partial charge in [0.1, 0.15) is 5.75 Å². The molecule has 0 atom stereocenters. The number of benzene rings is 1. The number of amides is 1. The zero-order chi connectivity index (χ0) is 14.4. The Morgan fingerprint density at radius 3 is 2.45 bits per heavy atom. The molecular weight excluding hydrogens is 254 g/mol. The highest BCUT2D eigenvalue weighted by Gasteiger charge is 2.25. The van der Waals surface area contributed by atoms with E-state index < -0.39 is 0 Å². The van der Waals surface area contributed by atoms with E-state index in [4.69, 9.17) is 10.6 Å². The number of ether oxygens (including phenoxy) is 1. The Morgan fingerprint density at radius 2 is 1.90 bits per heavy atom. The van der Waals surface area contributed by atoms with Crippen molar-refractivity contribution in [1.29, 1.82) is 0 Å². The second-order valence-electron chi connectivity index (χ2n) is 5.29. The van der Waals surface area contributed by atoms with E-state index in [0.717, 1.165) is 38.0 Å². The standard InChI is InChI=1S/C15H23N3O2/c1-20-14-8-2-11(3-9-14)10-17-13-6-4-12(5-7-13)15(19)18-16/h2-3,8-9,12-13,17H,4-7,10,16H2,1H3,(H,18,19)/t12-,13-. The summed E-state index contributed by atoms with van der Waals surface area (Å²) in [5.41, 5.74) is 3.49. The average Bonchev–Trinajstić information content (AvgIpc) is 2.53. The smallest absolute Gasteiger partial charge is 0.236 e. The lowest BCUT2D eigenvalue weighted by Gasteiger charge is -2.28. The fourth-order valence-corrected chi connectivity index (χ4v) is 2.68. The monoisotopic (exact) mass is 277 g/mol. The molecule has 1 amide bonds. The molecule has 4 N–H and O–H groups in total. The van der Waals surface area contributed by atoms with Crippen LogP contribution in [-0.4, -0.2) is 19.1 Å². The predicted molar refractivity (Wildman–Crippen MR) is 77.9 cm³/mol. The van der Waals surface area contributed by atoms with Crippen molar-refractivity contribution in [3.8, 4) is 5.75 Å². The Kier molecular flexibility index (Phi) is 5.38. The van der Waals surface area contributed by atoms with Crippen LogP contribution in [0.4, 0.5) is 0 Å². The minimum absolute atomic E-state index is 0.0291. The lowest BCUT2D eigenvalue weighted by atomic mass is 9.85. The predicted octanol–water partition coefficient (Wildman–Crippen LogP) is 1.33. The van der Waals surface area contributed by atoms with Crippen molar-refractivity contribution in [3.05, 3.63) is 29.8 Å². The van der Waals surface area contributed by atoms with Crippen LogP contribution < -0.4 is 21.3 Å². The van der Waals surface area contributed by atoms with Gasteiger partial charge in [-0.2, -0.15) is 0 Å². The van der Waals surface area contributed by atoms with Gasteiger partial charge in [0, 0.05) is 18.5 Å². The third-order valence-corrected chi connectivity index (χ3v) is 3.99. The summed E-state index contributed by atoms with van der Waals surface area (Å²) in [4.78, 5) is 11.4. The highest BCUT2D eigenvalue weighted by Crippen LogP contribution is 2.24. The molecule has 0 spiro atoms. The summed E-state index contributed by atoms with van der Waals surface area (Å²) in [6.45, 7) is 0.850. The summed E-state index contributed by atoms with van der Waals surface area (Å²) in [7, 11) is 1.67. The van der Waals surface area contributed by atoms with Gasteiger partial charge in [0.05, 0.1) is 7.11 Å². The number of nitrogens with one attached hydrogen (secondary N) is 2. The van der Waals surface area contributed by atoms with E-state index in [0.29, 0.717) is 6.04 Å². The van der Waals surface area contributed by atoms with Gasteiger partial charge in [0.2, 0.25) is 5.91 Å². The van der Waals surface area contributed by atoms with Crippen LogP contribution in [0.1, 0.15) is 31.2 Å². The van der Waals surface area contributed by atoms with Crippen molar-refractivity contribution in [2.75, 3.05) is 7.11 Å². The van der Waals surface area contributed by atoms with Gasteiger partial charge in [-0.25, -0.2) is 5.84 Å². The molecule has 0 aliphatic heterocycles. The zero-order valence-corrected chi connectivity index (χ0v) is 11.9. The Balaban J connectivity index is 1.74. The fourth-order valence-electron chi connectivity index (χ4n) is 2.68. The first-order chi connectivity index (χ1) is 9.72. The molecule has 0 unspecified atom stereocenters. The van der Waals surface area contributed by atoms with Crippen molar-refractivity contribution < 1.29 is 9.53 Å². The normalized spacial score (nSPS) is 22.3. The van der Waals surface area contributed by atoms with Crippen LogP contribution in [0, 0.1) is 5.92 Å². The fraction of sp³-hybridized carbons (Fsp3) is 0.533. The molecule has 5 nitrogen and oxygen atoms in total. The van der Waals surface area contributed by atoms with Gasteiger partial charge in [0.15, 0.2) is 0 Å². The first-order valence-corrected chi connectivity index (χ1v) is 7.09. The number of nitrogens with two attached hydrogens (primary N) is 1. The van der Waals surface area contributed by atoms with Gasteiger partial charge in [-0.3, -0.25) is 10.2 Å². The summed E-state index contributed by atoms with van der Waals surface area (Å²) >= 11 is 0. The molecule has 0 saturated heterocycles. The number of carbonyl (C=O) groups is 1. The van der Waals surface area contributed by atoms with Crippen LogP contribution in [0.5, 0.6) is 5.75 Å². The molecule has 1 aromatic rings. The third-order valence-electron chi connectivity index (χ3n) is 3.99. The van der Waals surface area contributed by atoms with Crippen molar-refractivity contribution in [3.63, 3.8) is 0 Å². The summed E-state index contributed by atoms with van der Waals surface area (Å²) in [6, 6.07) is 8.57. The Bertz CT molecular complexity index is 425. The summed E-state index contributed by atoms with van der Waals surface area (Å²) in [5.74, 6) is 6.10. The Hall–Kier alpha value is -1.59. The molecule has 0 heterocycles. The number of hydrogen-bond acceptors (Lipinski definition) is 4. The van der Waals surface area contributed by atoms with Gasteiger partial charge in [-0.1, -0.05) is 12.1 Å². The molecule has 1 saturated carbocycles. The maximum absolute atomic E-state index is 11.4. The van der Waals surface area contributed by atoms with E-state index in [1.165, 1.54) is 5.56 Å². The minimum Gasteiger partial charge on any atom is -0.497 e. The van der Waals surface area contributed by atoms with Crippen molar-refractivity contribution in [1.82, 2.24) is 10.7 Å². The van der Waals surface area contributed by atoms with Crippen LogP contribution in [0.2, 0.25) is 0 Å². The molecule has 1 aromatic carbocycles. The molecular formula is C15H23N3O2. The second kappa shape index (κ2) is 7.26. The SMILES string of the molecule is COc1ccc(CN[C@H]2CC[C@H](C(=O)NN)CC2)cc1. The number of methoxy groups -OCH3 is 1. The van der Waals surface area contributed by atoms with Crippen LogP contribution in [0.15, 0.2) is 24.3 Å². The molecule has 0 radical (unpaired) electrons. The average molecular weight is 277 g/mol. The van der Waals surface area contributed by atoms with Crippen molar-refractivity contribution in [2.45, 2.75) is 38.3 Å². The molecule has 0 bridgehead atoms. The van der Waals surface area contributed by atoms with Crippen LogP contribution in [0.25, 0.3) is 0 Å².